The van der Waals surface area contributed by atoms with Gasteiger partial charge in [0.25, 0.3) is 0 Å². The van der Waals surface area contributed by atoms with E-state index < -0.39 is 41.8 Å². The monoisotopic (exact) mass is 457 g/mol. The average molecular weight is 458 g/mol. The largest absolute Gasteiger partial charge is 0.480 e. The van der Waals surface area contributed by atoms with Gasteiger partial charge >= 0.3 is 5.97 Å². The van der Waals surface area contributed by atoms with Gasteiger partial charge in [0, 0.05) is 6.54 Å². The zero-order valence-electron chi connectivity index (χ0n) is 19.4. The van der Waals surface area contributed by atoms with E-state index in [1.165, 1.54) is 0 Å². The number of nitrogens with one attached hydrogen (secondary N) is 3. The number of aliphatic carboxylic acids is 1. The Bertz CT molecular complexity index is 665. The van der Waals surface area contributed by atoms with Crippen LogP contribution in [0.15, 0.2) is 4.99 Å². The summed E-state index contributed by atoms with van der Waals surface area (Å²) >= 11 is 0. The molecule has 12 nitrogen and oxygen atoms in total. The van der Waals surface area contributed by atoms with Crippen LogP contribution in [-0.2, 0) is 19.2 Å². The number of amides is 3. The van der Waals surface area contributed by atoms with Crippen molar-refractivity contribution in [3.8, 4) is 0 Å². The number of carbonyl (C=O) groups excluding carboxylic acids is 3. The van der Waals surface area contributed by atoms with Gasteiger partial charge in [-0.15, -0.1) is 0 Å². The van der Waals surface area contributed by atoms with Crippen LogP contribution in [0.3, 0.4) is 0 Å². The molecular formula is C20H39N7O5. The number of hydrogen-bond acceptors (Lipinski definition) is 6. The number of carboxylic acids is 1. The summed E-state index contributed by atoms with van der Waals surface area (Å²) < 4.78 is 0. The molecule has 0 spiro atoms. The van der Waals surface area contributed by atoms with E-state index in [9.17, 15) is 24.3 Å². The molecule has 12 heteroatoms. The van der Waals surface area contributed by atoms with Crippen LogP contribution in [0, 0.1) is 11.8 Å². The summed E-state index contributed by atoms with van der Waals surface area (Å²) in [7, 11) is 0. The maximum absolute atomic E-state index is 12.7. The second-order valence-corrected chi connectivity index (χ2v) is 8.23. The lowest BCUT2D eigenvalue weighted by atomic mass is 9.99. The Labute approximate surface area is 189 Å². The first-order valence-corrected chi connectivity index (χ1v) is 10.8. The number of nitrogens with two attached hydrogens (primary N) is 3. The lowest BCUT2D eigenvalue weighted by Crippen LogP contribution is -2.54. The van der Waals surface area contributed by atoms with Gasteiger partial charge in [0.15, 0.2) is 5.96 Å². The van der Waals surface area contributed by atoms with Crippen molar-refractivity contribution >= 4 is 29.7 Å². The van der Waals surface area contributed by atoms with Gasteiger partial charge in [0.2, 0.25) is 17.7 Å². The molecule has 32 heavy (non-hydrogen) atoms. The third kappa shape index (κ3) is 12.1. The van der Waals surface area contributed by atoms with Crippen molar-refractivity contribution in [3.05, 3.63) is 0 Å². The molecule has 0 radical (unpaired) electrons. The first-order valence-electron chi connectivity index (χ1n) is 10.8. The van der Waals surface area contributed by atoms with E-state index in [-0.39, 0.29) is 43.7 Å². The van der Waals surface area contributed by atoms with Gasteiger partial charge in [-0.05, 0) is 31.1 Å². The molecule has 0 bridgehead atoms. The molecule has 0 saturated carbocycles. The van der Waals surface area contributed by atoms with E-state index in [1.807, 2.05) is 27.7 Å². The van der Waals surface area contributed by atoms with E-state index in [4.69, 9.17) is 17.2 Å². The molecule has 3 amide bonds. The molecule has 184 valence electrons. The fourth-order valence-corrected chi connectivity index (χ4v) is 2.78. The number of carboxylic acid groups (broad SMARTS) is 1. The van der Waals surface area contributed by atoms with Crippen LogP contribution in [0.4, 0.5) is 0 Å². The highest BCUT2D eigenvalue weighted by atomic mass is 16.4. The lowest BCUT2D eigenvalue weighted by molar-refractivity contribution is -0.142. The molecule has 0 aliphatic rings. The van der Waals surface area contributed by atoms with Crippen LogP contribution in [0.1, 0.15) is 53.4 Å². The zero-order valence-corrected chi connectivity index (χ0v) is 19.4. The number of nitrogens with zero attached hydrogens (tertiary/aromatic N) is 1. The van der Waals surface area contributed by atoms with E-state index in [1.54, 1.807) is 0 Å². The van der Waals surface area contributed by atoms with Crippen molar-refractivity contribution in [3.63, 3.8) is 0 Å². The second kappa shape index (κ2) is 15.0. The van der Waals surface area contributed by atoms with Crippen LogP contribution in [0.5, 0.6) is 0 Å². The summed E-state index contributed by atoms with van der Waals surface area (Å²) in [5, 5.41) is 16.8. The molecule has 0 aromatic carbocycles. The van der Waals surface area contributed by atoms with Crippen molar-refractivity contribution < 1.29 is 24.3 Å². The quantitative estimate of drug-likeness (QED) is 0.0882. The zero-order chi connectivity index (χ0) is 24.8. The van der Waals surface area contributed by atoms with Crippen molar-refractivity contribution in [1.82, 2.24) is 16.0 Å². The Kier molecular flexibility index (Phi) is 13.6. The number of aliphatic imine (C=N–C) groups is 1. The third-order valence-corrected chi connectivity index (χ3v) is 4.90. The van der Waals surface area contributed by atoms with Crippen molar-refractivity contribution in [2.45, 2.75) is 71.5 Å². The standard InChI is InChI=1S/C20H39N7O5/c1-5-12(4)16(21)18(30)25-10-15(28)26-13(7-6-8-24-20(22)23)17(29)27-14(19(31)32)9-11(2)3/h11-14,16H,5-10,21H2,1-4H3,(H,25,30)(H,26,28)(H,27,29)(H,31,32)(H4,22,23,24)/t12-,13-,14-,16-/m0/s1. The summed E-state index contributed by atoms with van der Waals surface area (Å²) in [6.07, 6.45) is 1.48. The predicted molar refractivity (Wildman–Crippen MR) is 121 cm³/mol. The van der Waals surface area contributed by atoms with Crippen molar-refractivity contribution in [1.29, 1.82) is 0 Å². The SMILES string of the molecule is CC[C@H](C)[C@H](N)C(=O)NCC(=O)N[C@@H](CCCN=C(N)N)C(=O)N[C@@H](CC(C)C)C(=O)O. The maximum atomic E-state index is 12.7. The Morgan fingerprint density at radius 2 is 1.62 bits per heavy atom. The molecular weight excluding hydrogens is 418 g/mol. The first kappa shape index (κ1) is 29.1. The molecule has 0 unspecified atom stereocenters. The summed E-state index contributed by atoms with van der Waals surface area (Å²) in [6, 6.07) is -2.86. The molecule has 0 rings (SSSR count). The van der Waals surface area contributed by atoms with Crippen LogP contribution in [0.25, 0.3) is 0 Å². The van der Waals surface area contributed by atoms with Gasteiger partial charge in [0.1, 0.15) is 12.1 Å². The van der Waals surface area contributed by atoms with Crippen molar-refractivity contribution in [2.24, 2.45) is 34.0 Å². The highest BCUT2D eigenvalue weighted by Gasteiger charge is 2.27. The second-order valence-electron chi connectivity index (χ2n) is 8.23. The summed E-state index contributed by atoms with van der Waals surface area (Å²) in [5.41, 5.74) is 16.4. The topological polar surface area (TPSA) is 215 Å². The maximum Gasteiger partial charge on any atom is 0.326 e. The average Bonchev–Trinajstić information content (AvgIpc) is 2.71. The minimum Gasteiger partial charge on any atom is -0.480 e. The first-order chi connectivity index (χ1) is 14.9. The van der Waals surface area contributed by atoms with E-state index in [0.29, 0.717) is 12.8 Å². The fraction of sp³-hybridized carbons (Fsp3) is 0.750. The van der Waals surface area contributed by atoms with Crippen LogP contribution < -0.4 is 33.2 Å². The summed E-state index contributed by atoms with van der Waals surface area (Å²) in [4.78, 5) is 52.4. The number of rotatable bonds is 15. The number of guanidine groups is 1. The van der Waals surface area contributed by atoms with Gasteiger partial charge < -0.3 is 38.3 Å². The molecule has 0 aromatic rings. The van der Waals surface area contributed by atoms with E-state index in [2.05, 4.69) is 20.9 Å². The minimum atomic E-state index is -1.16. The lowest BCUT2D eigenvalue weighted by Gasteiger charge is -2.23. The third-order valence-electron chi connectivity index (χ3n) is 4.90. The molecule has 0 aliphatic carbocycles. The predicted octanol–water partition coefficient (Wildman–Crippen LogP) is -1.37. The molecule has 0 aliphatic heterocycles. The van der Waals surface area contributed by atoms with Gasteiger partial charge in [-0.25, -0.2) is 4.79 Å². The van der Waals surface area contributed by atoms with Crippen LogP contribution in [0.2, 0.25) is 0 Å². The molecule has 0 fully saturated rings. The number of hydrogen-bond donors (Lipinski definition) is 7. The summed E-state index contributed by atoms with van der Waals surface area (Å²) in [6.45, 7) is 7.27. The molecule has 0 aromatic heterocycles. The van der Waals surface area contributed by atoms with E-state index >= 15 is 0 Å². The molecule has 10 N–H and O–H groups in total. The van der Waals surface area contributed by atoms with E-state index in [0.717, 1.165) is 0 Å². The number of carbonyl (C=O) groups is 4. The van der Waals surface area contributed by atoms with Crippen molar-refractivity contribution in [2.75, 3.05) is 13.1 Å². The minimum absolute atomic E-state index is 0.0382. The van der Waals surface area contributed by atoms with Crippen LogP contribution in [-0.4, -0.2) is 66.0 Å². The molecule has 0 saturated heterocycles. The highest BCUT2D eigenvalue weighted by Crippen LogP contribution is 2.07. The Hall–Kier alpha value is -2.89. The van der Waals surface area contributed by atoms with Gasteiger partial charge in [0.05, 0.1) is 12.6 Å². The Morgan fingerprint density at radius 3 is 2.12 bits per heavy atom. The summed E-state index contributed by atoms with van der Waals surface area (Å²) in [5.74, 6) is -2.99. The molecule has 4 atom stereocenters. The normalized spacial score (nSPS) is 14.6. The van der Waals surface area contributed by atoms with Gasteiger partial charge in [-0.2, -0.15) is 0 Å². The van der Waals surface area contributed by atoms with Gasteiger partial charge in [-0.1, -0.05) is 34.1 Å². The highest BCUT2D eigenvalue weighted by molar-refractivity contribution is 5.92. The molecule has 0 heterocycles. The van der Waals surface area contributed by atoms with Crippen LogP contribution >= 0.6 is 0 Å². The smallest absolute Gasteiger partial charge is 0.326 e. The van der Waals surface area contributed by atoms with Gasteiger partial charge in [-0.3, -0.25) is 19.4 Å². The fourth-order valence-electron chi connectivity index (χ4n) is 2.78. The Balaban J connectivity index is 5.08. The Morgan fingerprint density at radius 1 is 1.00 bits per heavy atom.